The molecule has 0 spiro atoms. The average Bonchev–Trinajstić information content (AvgIpc) is 2.37. The van der Waals surface area contributed by atoms with E-state index < -0.39 is 27.3 Å². The van der Waals surface area contributed by atoms with Crippen LogP contribution in [0.5, 0.6) is 0 Å². The van der Waals surface area contributed by atoms with Gasteiger partial charge in [-0.05, 0) is 46.3 Å². The van der Waals surface area contributed by atoms with Crippen molar-refractivity contribution in [3.05, 3.63) is 50.9 Å². The summed E-state index contributed by atoms with van der Waals surface area (Å²) in [5.41, 5.74) is 5.04. The second kappa shape index (κ2) is 5.90. The number of nitrogens with one attached hydrogen (secondary N) is 1. The van der Waals surface area contributed by atoms with Crippen molar-refractivity contribution >= 4 is 53.3 Å². The number of hydrogen-bond donors (Lipinski definition) is 2. The molecule has 0 fully saturated rings. The summed E-state index contributed by atoms with van der Waals surface area (Å²) >= 11 is 6.04. The Morgan fingerprint density at radius 3 is 2.14 bits per heavy atom. The highest BCUT2D eigenvalue weighted by Crippen LogP contribution is 2.28. The molecule has 9 heteroatoms. The van der Waals surface area contributed by atoms with Crippen molar-refractivity contribution in [2.75, 3.05) is 10.5 Å². The van der Waals surface area contributed by atoms with Crippen LogP contribution in [0, 0.1) is 11.6 Å². The molecule has 0 bridgehead atoms. The third-order valence-electron chi connectivity index (χ3n) is 2.52. The summed E-state index contributed by atoms with van der Waals surface area (Å²) < 4.78 is 54.2. The van der Waals surface area contributed by atoms with E-state index in [9.17, 15) is 17.2 Å². The van der Waals surface area contributed by atoms with Gasteiger partial charge >= 0.3 is 0 Å². The monoisotopic (exact) mass is 440 g/mol. The van der Waals surface area contributed by atoms with E-state index >= 15 is 0 Å². The highest BCUT2D eigenvalue weighted by atomic mass is 79.9. The zero-order valence-corrected chi connectivity index (χ0v) is 14.2. The van der Waals surface area contributed by atoms with Gasteiger partial charge in [-0.15, -0.1) is 0 Å². The highest BCUT2D eigenvalue weighted by molar-refractivity contribution is 9.10. The minimum absolute atomic E-state index is 0.160. The fraction of sp³-hybridized carbons (Fsp3) is 0. The van der Waals surface area contributed by atoms with Gasteiger partial charge in [0.2, 0.25) is 0 Å². The molecule has 2 rings (SSSR count). The predicted molar refractivity (Wildman–Crippen MR) is 83.4 cm³/mol. The van der Waals surface area contributed by atoms with Crippen LogP contribution in [0.4, 0.5) is 20.2 Å². The number of halogens is 4. The molecule has 0 saturated carbocycles. The Bertz CT molecular complexity index is 790. The van der Waals surface area contributed by atoms with Crippen molar-refractivity contribution in [1.82, 2.24) is 0 Å². The topological polar surface area (TPSA) is 72.2 Å². The first kappa shape index (κ1) is 16.2. The summed E-state index contributed by atoms with van der Waals surface area (Å²) in [6.07, 6.45) is 0. The van der Waals surface area contributed by atoms with Gasteiger partial charge in [-0.1, -0.05) is 15.9 Å². The number of nitrogen functional groups attached to an aromatic ring is 1. The van der Waals surface area contributed by atoms with Gasteiger partial charge in [-0.3, -0.25) is 4.72 Å². The van der Waals surface area contributed by atoms with Crippen molar-refractivity contribution in [2.24, 2.45) is 0 Å². The molecular weight excluding hydrogens is 434 g/mol. The number of benzene rings is 2. The van der Waals surface area contributed by atoms with E-state index in [1.807, 2.05) is 4.72 Å². The molecule has 0 aliphatic rings. The van der Waals surface area contributed by atoms with E-state index in [0.717, 1.165) is 12.1 Å². The van der Waals surface area contributed by atoms with Crippen LogP contribution in [0.2, 0.25) is 0 Å². The minimum Gasteiger partial charge on any atom is -0.398 e. The molecular formula is C12H8Br2F2N2O2S. The minimum atomic E-state index is -4.16. The SMILES string of the molecule is Nc1cc(S(=O)(=O)Nc2c(F)cc(Br)cc2F)ccc1Br. The molecule has 2 aromatic carbocycles. The zero-order chi connectivity index (χ0) is 15.8. The van der Waals surface area contributed by atoms with Gasteiger partial charge in [0.15, 0.2) is 11.6 Å². The number of hydrogen-bond acceptors (Lipinski definition) is 3. The van der Waals surface area contributed by atoms with Crippen molar-refractivity contribution < 1.29 is 17.2 Å². The van der Waals surface area contributed by atoms with Gasteiger partial charge in [-0.2, -0.15) is 0 Å². The Kier molecular flexibility index (Phi) is 4.54. The van der Waals surface area contributed by atoms with Crippen molar-refractivity contribution in [3.8, 4) is 0 Å². The van der Waals surface area contributed by atoms with Crippen molar-refractivity contribution in [2.45, 2.75) is 4.90 Å². The molecule has 0 aliphatic carbocycles. The van der Waals surface area contributed by atoms with E-state index in [0.29, 0.717) is 4.47 Å². The van der Waals surface area contributed by atoms with Crippen molar-refractivity contribution in [3.63, 3.8) is 0 Å². The number of rotatable bonds is 3. The van der Waals surface area contributed by atoms with E-state index in [4.69, 9.17) is 5.73 Å². The van der Waals surface area contributed by atoms with Gasteiger partial charge in [0, 0.05) is 14.6 Å². The zero-order valence-electron chi connectivity index (χ0n) is 10.2. The number of anilines is 2. The second-order valence-corrected chi connectivity index (χ2v) is 7.49. The van der Waals surface area contributed by atoms with E-state index in [2.05, 4.69) is 31.9 Å². The normalized spacial score (nSPS) is 11.4. The molecule has 0 unspecified atom stereocenters. The summed E-state index contributed by atoms with van der Waals surface area (Å²) in [5, 5.41) is 0. The third kappa shape index (κ3) is 3.53. The molecule has 0 radical (unpaired) electrons. The van der Waals surface area contributed by atoms with Crippen LogP contribution in [0.15, 0.2) is 44.2 Å². The molecule has 0 aliphatic heterocycles. The third-order valence-corrected chi connectivity index (χ3v) is 5.05. The maximum Gasteiger partial charge on any atom is 0.262 e. The van der Waals surface area contributed by atoms with Crippen LogP contribution in [-0.4, -0.2) is 8.42 Å². The Morgan fingerprint density at radius 1 is 1.05 bits per heavy atom. The predicted octanol–water partition coefficient (Wildman–Crippen LogP) is 3.87. The van der Waals surface area contributed by atoms with Crippen LogP contribution >= 0.6 is 31.9 Å². The summed E-state index contributed by atoms with van der Waals surface area (Å²) in [7, 11) is -4.16. The molecule has 2 aromatic rings. The maximum atomic E-state index is 13.7. The first-order chi connectivity index (χ1) is 9.70. The Hall–Kier alpha value is -1.19. The Balaban J connectivity index is 2.44. The van der Waals surface area contributed by atoms with Crippen molar-refractivity contribution in [1.29, 1.82) is 0 Å². The molecule has 0 saturated heterocycles. The first-order valence-corrected chi connectivity index (χ1v) is 8.50. The van der Waals surface area contributed by atoms with Gasteiger partial charge < -0.3 is 5.73 Å². The molecule has 0 heterocycles. The largest absolute Gasteiger partial charge is 0.398 e. The summed E-state index contributed by atoms with van der Waals surface area (Å²) in [5.74, 6) is -2.06. The fourth-order valence-corrected chi connectivity index (χ4v) is 3.28. The maximum absolute atomic E-state index is 13.7. The van der Waals surface area contributed by atoms with E-state index in [-0.39, 0.29) is 15.1 Å². The van der Waals surface area contributed by atoms with E-state index in [1.54, 1.807) is 0 Å². The summed E-state index contributed by atoms with van der Waals surface area (Å²) in [6.45, 7) is 0. The Labute approximate surface area is 136 Å². The average molecular weight is 442 g/mol. The molecule has 3 N–H and O–H groups in total. The van der Waals surface area contributed by atoms with E-state index in [1.165, 1.54) is 18.2 Å². The lowest BCUT2D eigenvalue weighted by Gasteiger charge is -2.11. The number of nitrogens with two attached hydrogens (primary N) is 1. The Morgan fingerprint density at radius 2 is 1.62 bits per heavy atom. The van der Waals surface area contributed by atoms with Crippen LogP contribution < -0.4 is 10.5 Å². The van der Waals surface area contributed by atoms with Crippen LogP contribution in [0.3, 0.4) is 0 Å². The lowest BCUT2D eigenvalue weighted by atomic mass is 10.3. The van der Waals surface area contributed by atoms with Gasteiger partial charge in [0.25, 0.3) is 10.0 Å². The molecule has 4 nitrogen and oxygen atoms in total. The molecule has 0 atom stereocenters. The van der Waals surface area contributed by atoms with Gasteiger partial charge in [0.1, 0.15) is 5.69 Å². The smallest absolute Gasteiger partial charge is 0.262 e. The highest BCUT2D eigenvalue weighted by Gasteiger charge is 2.20. The quantitative estimate of drug-likeness (QED) is 0.710. The summed E-state index contributed by atoms with van der Waals surface area (Å²) in [6, 6.07) is 5.78. The van der Waals surface area contributed by atoms with Crippen LogP contribution in [0.25, 0.3) is 0 Å². The molecule has 112 valence electrons. The lowest BCUT2D eigenvalue weighted by molar-refractivity contribution is 0.582. The second-order valence-electron chi connectivity index (χ2n) is 4.03. The summed E-state index contributed by atoms with van der Waals surface area (Å²) in [4.78, 5) is -0.204. The standard InChI is InChI=1S/C12H8Br2F2N2O2S/c13-6-3-9(15)12(10(16)4-6)18-21(19,20)7-1-2-8(14)11(17)5-7/h1-5,18H,17H2. The molecule has 0 amide bonds. The van der Waals surface area contributed by atoms with Crippen LogP contribution in [-0.2, 0) is 10.0 Å². The lowest BCUT2D eigenvalue weighted by Crippen LogP contribution is -2.15. The molecule has 0 aromatic heterocycles. The molecule has 21 heavy (non-hydrogen) atoms. The van der Waals surface area contributed by atoms with Gasteiger partial charge in [-0.25, -0.2) is 17.2 Å². The van der Waals surface area contributed by atoms with Gasteiger partial charge in [0.05, 0.1) is 4.90 Å². The first-order valence-electron chi connectivity index (χ1n) is 5.43. The van der Waals surface area contributed by atoms with Crippen LogP contribution in [0.1, 0.15) is 0 Å². The fourth-order valence-electron chi connectivity index (χ4n) is 1.52. The number of sulfonamides is 1.